The zero-order chi connectivity index (χ0) is 15.5. The highest BCUT2D eigenvalue weighted by Gasteiger charge is 2.22. The summed E-state index contributed by atoms with van der Waals surface area (Å²) in [6.45, 7) is 4.26. The Labute approximate surface area is 135 Å². The molecule has 3 nitrogen and oxygen atoms in total. The largest absolute Gasteiger partial charge is 0.345 e. The van der Waals surface area contributed by atoms with Crippen LogP contribution in [0.4, 0.5) is 0 Å². The minimum absolute atomic E-state index is 0.00183. The van der Waals surface area contributed by atoms with Crippen LogP contribution in [-0.4, -0.2) is 10.9 Å². The number of pyridine rings is 1. The molecule has 0 saturated heterocycles. The summed E-state index contributed by atoms with van der Waals surface area (Å²) in [5.41, 5.74) is 2.47. The number of amides is 1. The maximum atomic E-state index is 12.5. The van der Waals surface area contributed by atoms with Crippen molar-refractivity contribution in [1.82, 2.24) is 10.3 Å². The van der Waals surface area contributed by atoms with Crippen LogP contribution in [-0.2, 0) is 12.8 Å². The Bertz CT molecular complexity index is 650. The summed E-state index contributed by atoms with van der Waals surface area (Å²) in [6.07, 6.45) is 8.27. The Morgan fingerprint density at radius 1 is 1.45 bits per heavy atom. The topological polar surface area (TPSA) is 42.0 Å². The van der Waals surface area contributed by atoms with Crippen LogP contribution in [0.1, 0.15) is 58.4 Å². The van der Waals surface area contributed by atoms with Crippen molar-refractivity contribution in [2.24, 2.45) is 5.92 Å². The number of aromatic nitrogens is 1. The van der Waals surface area contributed by atoms with E-state index in [2.05, 4.69) is 23.3 Å². The zero-order valence-corrected chi connectivity index (χ0v) is 14.0. The number of rotatable bonds is 4. The summed E-state index contributed by atoms with van der Waals surface area (Å²) in [5.74, 6) is 0.825. The predicted octanol–water partition coefficient (Wildman–Crippen LogP) is 4.15. The van der Waals surface area contributed by atoms with Crippen molar-refractivity contribution in [3.8, 4) is 0 Å². The summed E-state index contributed by atoms with van der Waals surface area (Å²) in [7, 11) is 0. The number of fused-ring (bicyclic) bond motifs is 1. The van der Waals surface area contributed by atoms with Crippen LogP contribution in [0.2, 0.25) is 0 Å². The lowest BCUT2D eigenvalue weighted by atomic mass is 9.87. The molecule has 0 aromatic carbocycles. The van der Waals surface area contributed by atoms with E-state index >= 15 is 0 Å². The van der Waals surface area contributed by atoms with Crippen molar-refractivity contribution >= 4 is 17.2 Å². The smallest absolute Gasteiger partial charge is 0.261 e. The standard InChI is InChI=1S/C18H22N2OS/c1-3-13-4-5-16-15(10-13)11-17(22-16)18(21)20-12(2)14-6-8-19-9-7-14/h6-9,11-13H,3-5,10H2,1-2H3,(H,20,21)/t12-,13-/m1/s1. The lowest BCUT2D eigenvalue weighted by molar-refractivity contribution is 0.0944. The molecule has 1 aliphatic rings. The molecule has 2 heterocycles. The molecule has 0 saturated carbocycles. The molecule has 2 atom stereocenters. The fourth-order valence-corrected chi connectivity index (χ4v) is 4.17. The van der Waals surface area contributed by atoms with Crippen molar-refractivity contribution in [2.45, 2.75) is 45.6 Å². The van der Waals surface area contributed by atoms with Gasteiger partial charge in [-0.1, -0.05) is 13.3 Å². The maximum Gasteiger partial charge on any atom is 0.261 e. The summed E-state index contributed by atoms with van der Waals surface area (Å²) in [6, 6.07) is 5.99. The molecule has 1 aliphatic carbocycles. The SMILES string of the molecule is CC[C@@H]1CCc2sc(C(=O)N[C@H](C)c3ccncc3)cc2C1. The summed E-state index contributed by atoms with van der Waals surface area (Å²) in [5, 5.41) is 3.09. The van der Waals surface area contributed by atoms with Gasteiger partial charge in [-0.15, -0.1) is 11.3 Å². The van der Waals surface area contributed by atoms with E-state index in [-0.39, 0.29) is 11.9 Å². The van der Waals surface area contributed by atoms with Crippen molar-refractivity contribution in [2.75, 3.05) is 0 Å². The molecule has 2 aromatic heterocycles. The summed E-state index contributed by atoms with van der Waals surface area (Å²) in [4.78, 5) is 18.8. The molecule has 116 valence electrons. The number of thiophene rings is 1. The second kappa shape index (κ2) is 6.61. The Kier molecular flexibility index (Phi) is 4.57. The van der Waals surface area contributed by atoms with Gasteiger partial charge in [-0.3, -0.25) is 9.78 Å². The Hall–Kier alpha value is -1.68. The molecule has 0 unspecified atom stereocenters. The molecule has 0 radical (unpaired) electrons. The van der Waals surface area contributed by atoms with Crippen LogP contribution in [0, 0.1) is 5.92 Å². The van der Waals surface area contributed by atoms with Gasteiger partial charge in [0.1, 0.15) is 0 Å². The van der Waals surface area contributed by atoms with Crippen LogP contribution < -0.4 is 5.32 Å². The third kappa shape index (κ3) is 3.22. The lowest BCUT2D eigenvalue weighted by Gasteiger charge is -2.19. The van der Waals surface area contributed by atoms with Gasteiger partial charge in [0.25, 0.3) is 5.91 Å². The number of hydrogen-bond acceptors (Lipinski definition) is 3. The molecule has 1 amide bonds. The van der Waals surface area contributed by atoms with Crippen LogP contribution in [0.3, 0.4) is 0 Å². The van der Waals surface area contributed by atoms with Crippen molar-refractivity contribution in [1.29, 1.82) is 0 Å². The first-order valence-electron chi connectivity index (χ1n) is 7.99. The molecule has 22 heavy (non-hydrogen) atoms. The predicted molar refractivity (Wildman–Crippen MR) is 90.2 cm³/mol. The normalized spacial score (nSPS) is 18.5. The van der Waals surface area contributed by atoms with Gasteiger partial charge < -0.3 is 5.32 Å². The Morgan fingerprint density at radius 3 is 2.95 bits per heavy atom. The Morgan fingerprint density at radius 2 is 2.23 bits per heavy atom. The van der Waals surface area contributed by atoms with Crippen LogP contribution in [0.25, 0.3) is 0 Å². The number of nitrogens with one attached hydrogen (secondary N) is 1. The van der Waals surface area contributed by atoms with E-state index in [1.807, 2.05) is 19.1 Å². The van der Waals surface area contributed by atoms with Gasteiger partial charge in [-0.2, -0.15) is 0 Å². The van der Waals surface area contributed by atoms with E-state index in [1.54, 1.807) is 23.7 Å². The van der Waals surface area contributed by atoms with E-state index in [9.17, 15) is 4.79 Å². The van der Waals surface area contributed by atoms with Gasteiger partial charge in [0, 0.05) is 17.3 Å². The molecule has 3 rings (SSSR count). The van der Waals surface area contributed by atoms with Crippen molar-refractivity contribution in [3.63, 3.8) is 0 Å². The maximum absolute atomic E-state index is 12.5. The van der Waals surface area contributed by atoms with E-state index in [0.717, 1.165) is 29.2 Å². The van der Waals surface area contributed by atoms with E-state index < -0.39 is 0 Å². The summed E-state index contributed by atoms with van der Waals surface area (Å²) < 4.78 is 0. The number of aryl methyl sites for hydroxylation is 1. The first-order chi connectivity index (χ1) is 10.7. The quantitative estimate of drug-likeness (QED) is 0.921. The third-order valence-electron chi connectivity index (χ3n) is 4.54. The van der Waals surface area contributed by atoms with Crippen LogP contribution >= 0.6 is 11.3 Å². The average Bonchev–Trinajstić information content (AvgIpc) is 2.98. The van der Waals surface area contributed by atoms with E-state index in [1.165, 1.54) is 23.3 Å². The van der Waals surface area contributed by atoms with Gasteiger partial charge in [0.05, 0.1) is 10.9 Å². The molecule has 0 aliphatic heterocycles. The van der Waals surface area contributed by atoms with E-state index in [4.69, 9.17) is 0 Å². The highest BCUT2D eigenvalue weighted by Crippen LogP contribution is 2.33. The van der Waals surface area contributed by atoms with Gasteiger partial charge in [-0.25, -0.2) is 0 Å². The molecule has 1 N–H and O–H groups in total. The number of carbonyl (C=O) groups excluding carboxylic acids is 1. The molecule has 0 bridgehead atoms. The fraction of sp³-hybridized carbons (Fsp3) is 0.444. The zero-order valence-electron chi connectivity index (χ0n) is 13.1. The minimum atomic E-state index is -0.00183. The monoisotopic (exact) mass is 314 g/mol. The molecule has 0 spiro atoms. The Balaban J connectivity index is 1.70. The van der Waals surface area contributed by atoms with E-state index in [0.29, 0.717) is 0 Å². The highest BCUT2D eigenvalue weighted by molar-refractivity contribution is 7.14. The summed E-state index contributed by atoms with van der Waals surface area (Å²) >= 11 is 1.67. The molecular formula is C18H22N2OS. The van der Waals surface area contributed by atoms with Crippen LogP contribution in [0.15, 0.2) is 30.6 Å². The first kappa shape index (κ1) is 15.2. The first-order valence-corrected chi connectivity index (χ1v) is 8.81. The molecule has 4 heteroatoms. The van der Waals surface area contributed by atoms with Crippen molar-refractivity contribution < 1.29 is 4.79 Å². The lowest BCUT2D eigenvalue weighted by Crippen LogP contribution is -2.25. The van der Waals surface area contributed by atoms with Gasteiger partial charge in [-0.05, 0) is 61.4 Å². The molecular weight excluding hydrogens is 292 g/mol. The second-order valence-corrected chi connectivity index (χ2v) is 7.19. The van der Waals surface area contributed by atoms with Gasteiger partial charge in [0.2, 0.25) is 0 Å². The number of carbonyl (C=O) groups is 1. The number of hydrogen-bond donors (Lipinski definition) is 1. The second-order valence-electron chi connectivity index (χ2n) is 6.05. The molecule has 0 fully saturated rings. The van der Waals surface area contributed by atoms with Gasteiger partial charge >= 0.3 is 0 Å². The molecule has 2 aromatic rings. The third-order valence-corrected chi connectivity index (χ3v) is 5.78. The van der Waals surface area contributed by atoms with Crippen molar-refractivity contribution in [3.05, 3.63) is 51.5 Å². The van der Waals surface area contributed by atoms with Crippen LogP contribution in [0.5, 0.6) is 0 Å². The minimum Gasteiger partial charge on any atom is -0.345 e. The highest BCUT2D eigenvalue weighted by atomic mass is 32.1. The number of nitrogens with zero attached hydrogens (tertiary/aromatic N) is 1. The fourth-order valence-electron chi connectivity index (χ4n) is 3.06. The van der Waals surface area contributed by atoms with Gasteiger partial charge in [0.15, 0.2) is 0 Å². The average molecular weight is 314 g/mol.